The number of aromatic nitrogens is 2. The summed E-state index contributed by atoms with van der Waals surface area (Å²) in [5.74, 6) is 0.181. The zero-order valence-electron chi connectivity index (χ0n) is 18.7. The number of benzene rings is 2. The smallest absolute Gasteiger partial charge is 0.243 e. The van der Waals surface area contributed by atoms with Gasteiger partial charge in [0.05, 0.1) is 6.20 Å². The predicted octanol–water partition coefficient (Wildman–Crippen LogP) is 2.65. The molecular weight excluding hydrogens is 439 g/mol. The molecule has 3 unspecified atom stereocenters. The first kappa shape index (κ1) is 21.0. The Kier molecular flexibility index (Phi) is 4.60. The molecule has 3 aliphatic rings. The minimum atomic E-state index is -3.57. The van der Waals surface area contributed by atoms with Crippen molar-refractivity contribution in [1.29, 1.82) is 0 Å². The normalized spacial score (nSPS) is 29.2. The molecule has 1 aliphatic heterocycles. The quantitative estimate of drug-likeness (QED) is 0.544. The van der Waals surface area contributed by atoms with Crippen LogP contribution in [0.3, 0.4) is 0 Å². The summed E-state index contributed by atoms with van der Waals surface area (Å²) in [5.41, 5.74) is 5.18. The van der Waals surface area contributed by atoms with Crippen LogP contribution in [0.1, 0.15) is 28.2 Å². The van der Waals surface area contributed by atoms with E-state index in [1.165, 1.54) is 34.3 Å². The van der Waals surface area contributed by atoms with Crippen molar-refractivity contribution in [3.63, 3.8) is 0 Å². The van der Waals surface area contributed by atoms with E-state index >= 15 is 0 Å². The molecule has 1 saturated heterocycles. The summed E-state index contributed by atoms with van der Waals surface area (Å²) in [7, 11) is 0.309. The van der Waals surface area contributed by atoms with Crippen LogP contribution in [0.5, 0.6) is 0 Å². The second-order valence-electron chi connectivity index (χ2n) is 9.76. The van der Waals surface area contributed by atoms with Gasteiger partial charge in [0.2, 0.25) is 10.0 Å². The Morgan fingerprint density at radius 1 is 1.15 bits per heavy atom. The molecule has 2 aliphatic carbocycles. The van der Waals surface area contributed by atoms with Gasteiger partial charge < -0.3 is 0 Å². The number of sulfonamides is 1. The molecule has 3 atom stereocenters. The van der Waals surface area contributed by atoms with Gasteiger partial charge in [0.15, 0.2) is 0 Å². The van der Waals surface area contributed by atoms with Gasteiger partial charge in [0.1, 0.15) is 10.7 Å². The molecule has 2 aromatic carbocycles. The number of likely N-dealkylation sites (N-methyl/N-ethyl adjacent to an activating group) is 1. The largest absolute Gasteiger partial charge is 0.296 e. The van der Waals surface area contributed by atoms with Gasteiger partial charge in [0, 0.05) is 37.3 Å². The van der Waals surface area contributed by atoms with E-state index in [1.54, 1.807) is 19.2 Å². The lowest BCUT2D eigenvalue weighted by atomic mass is 9.81. The van der Waals surface area contributed by atoms with Gasteiger partial charge in [-0.15, -0.1) is 0 Å². The van der Waals surface area contributed by atoms with Crippen LogP contribution in [0.2, 0.25) is 0 Å². The first-order valence-electron chi connectivity index (χ1n) is 11.4. The lowest BCUT2D eigenvalue weighted by Gasteiger charge is -2.29. The molecule has 33 heavy (non-hydrogen) atoms. The highest BCUT2D eigenvalue weighted by Gasteiger charge is 2.84. The topological polar surface area (TPSA) is 67.0 Å². The molecular formula is C25H27FN4O2S. The number of aryl methyl sites for hydroxylation is 1. The van der Waals surface area contributed by atoms with Crippen molar-refractivity contribution in [2.75, 3.05) is 13.6 Å². The zero-order chi connectivity index (χ0) is 23.0. The summed E-state index contributed by atoms with van der Waals surface area (Å²) in [6, 6.07) is 14.8. The van der Waals surface area contributed by atoms with Crippen molar-refractivity contribution < 1.29 is 12.8 Å². The fourth-order valence-electron chi connectivity index (χ4n) is 6.23. The highest BCUT2D eigenvalue weighted by atomic mass is 32.2. The van der Waals surface area contributed by atoms with Crippen molar-refractivity contribution in [2.45, 2.75) is 42.2 Å². The highest BCUT2D eigenvalue weighted by molar-refractivity contribution is 7.89. The number of rotatable bonds is 7. The van der Waals surface area contributed by atoms with Crippen LogP contribution in [-0.4, -0.2) is 48.8 Å². The van der Waals surface area contributed by atoms with Crippen molar-refractivity contribution in [3.8, 4) is 0 Å². The average Bonchev–Trinajstić information content (AvgIpc) is 3.52. The van der Waals surface area contributed by atoms with Crippen molar-refractivity contribution >= 4 is 10.0 Å². The van der Waals surface area contributed by atoms with Crippen LogP contribution >= 0.6 is 0 Å². The number of nitrogens with one attached hydrogen (secondary N) is 1. The van der Waals surface area contributed by atoms with Crippen LogP contribution in [0, 0.1) is 11.2 Å². The van der Waals surface area contributed by atoms with Crippen molar-refractivity contribution in [3.05, 3.63) is 82.9 Å². The van der Waals surface area contributed by atoms with Crippen LogP contribution in [0.15, 0.2) is 59.8 Å². The summed E-state index contributed by atoms with van der Waals surface area (Å²) in [6.45, 7) is 0.323. The number of hydrogen-bond acceptors (Lipinski definition) is 4. The van der Waals surface area contributed by atoms with Gasteiger partial charge >= 0.3 is 0 Å². The first-order chi connectivity index (χ1) is 15.8. The molecule has 6 rings (SSSR count). The van der Waals surface area contributed by atoms with Gasteiger partial charge in [0.25, 0.3) is 0 Å². The van der Waals surface area contributed by atoms with E-state index < -0.39 is 10.0 Å². The summed E-state index contributed by atoms with van der Waals surface area (Å²) in [4.78, 5) is 2.60. The van der Waals surface area contributed by atoms with Crippen LogP contribution in [0.4, 0.5) is 4.39 Å². The molecule has 3 aromatic rings. The molecule has 1 N–H and O–H groups in total. The Morgan fingerprint density at radius 3 is 2.67 bits per heavy atom. The number of fused-ring (bicyclic) bond motifs is 4. The Hall–Kier alpha value is -2.55. The van der Waals surface area contributed by atoms with Crippen molar-refractivity contribution in [1.82, 2.24) is 19.4 Å². The van der Waals surface area contributed by atoms with E-state index in [0.717, 1.165) is 24.0 Å². The molecule has 1 aromatic heterocycles. The second kappa shape index (κ2) is 7.22. The molecule has 2 fully saturated rings. The van der Waals surface area contributed by atoms with Gasteiger partial charge in [-0.25, -0.2) is 17.5 Å². The van der Waals surface area contributed by atoms with Crippen molar-refractivity contribution in [2.24, 2.45) is 12.5 Å². The van der Waals surface area contributed by atoms with Crippen LogP contribution < -0.4 is 4.72 Å². The van der Waals surface area contributed by atoms with Gasteiger partial charge in [-0.1, -0.05) is 30.3 Å². The molecule has 172 valence electrons. The van der Waals surface area contributed by atoms with Crippen LogP contribution in [-0.2, 0) is 36.3 Å². The Balaban J connectivity index is 1.21. The lowest BCUT2D eigenvalue weighted by Crippen LogP contribution is -2.31. The molecule has 1 saturated carbocycles. The Bertz CT molecular complexity index is 1340. The standard InChI is InChI=1S/C25H27FN4O2S/c1-29-15-20(14-27-29)33(31,32)28-9-8-16-6-7-18-13-25(23-24(25)30(23)2)22(21(18)11-16)12-17-4-3-5-19(26)10-17/h3-7,10-11,14-15,22-24,28H,8-9,12-13H2,1-2H3. The summed E-state index contributed by atoms with van der Waals surface area (Å²) < 4.78 is 42.9. The monoisotopic (exact) mass is 466 g/mol. The molecule has 0 amide bonds. The molecule has 2 heterocycles. The minimum absolute atomic E-state index is 0.174. The molecule has 6 nitrogen and oxygen atoms in total. The molecule has 0 radical (unpaired) electrons. The predicted molar refractivity (Wildman–Crippen MR) is 123 cm³/mol. The minimum Gasteiger partial charge on any atom is -0.296 e. The lowest BCUT2D eigenvalue weighted by molar-refractivity contribution is 0.226. The van der Waals surface area contributed by atoms with E-state index in [9.17, 15) is 12.8 Å². The fourth-order valence-corrected chi connectivity index (χ4v) is 7.25. The van der Waals surface area contributed by atoms with E-state index in [4.69, 9.17) is 0 Å². The fraction of sp³-hybridized carbons (Fsp3) is 0.400. The van der Waals surface area contributed by atoms with Gasteiger partial charge in [-0.2, -0.15) is 5.10 Å². The van der Waals surface area contributed by atoms with Gasteiger partial charge in [-0.05, 0) is 66.6 Å². The van der Waals surface area contributed by atoms with Crippen LogP contribution in [0.25, 0.3) is 0 Å². The third-order valence-corrected chi connectivity index (χ3v) is 9.25. The Morgan fingerprint density at radius 2 is 1.97 bits per heavy atom. The average molecular weight is 467 g/mol. The first-order valence-corrected chi connectivity index (χ1v) is 12.8. The molecule has 1 spiro atoms. The number of halogens is 1. The second-order valence-corrected chi connectivity index (χ2v) is 11.5. The molecule has 8 heteroatoms. The van der Waals surface area contributed by atoms with E-state index in [1.807, 2.05) is 6.07 Å². The summed E-state index contributed by atoms with van der Waals surface area (Å²) >= 11 is 0. The number of likely N-dealkylation sites (tertiary alicyclic amines) is 1. The van der Waals surface area contributed by atoms with E-state index in [-0.39, 0.29) is 16.1 Å². The zero-order valence-corrected chi connectivity index (χ0v) is 19.5. The number of nitrogens with zero attached hydrogens (tertiary/aromatic N) is 3. The highest BCUT2D eigenvalue weighted by Crippen LogP contribution is 2.76. The van der Waals surface area contributed by atoms with E-state index in [0.29, 0.717) is 31.0 Å². The third kappa shape index (κ3) is 3.34. The van der Waals surface area contributed by atoms with Gasteiger partial charge in [-0.3, -0.25) is 9.58 Å². The summed E-state index contributed by atoms with van der Waals surface area (Å²) in [6.07, 6.45) is 5.37. The maximum absolute atomic E-state index is 13.8. The Labute approximate surface area is 193 Å². The molecule has 0 bridgehead atoms. The number of hydrogen-bond donors (Lipinski definition) is 1. The summed E-state index contributed by atoms with van der Waals surface area (Å²) in [5, 5.41) is 3.94. The third-order valence-electron chi connectivity index (χ3n) is 7.84. The maximum atomic E-state index is 13.8. The van der Waals surface area contributed by atoms with E-state index in [2.05, 4.69) is 40.0 Å². The SMILES string of the molecule is CN1C2C1C21Cc2ccc(CCNS(=O)(=O)c3cnn(C)c3)cc2C1Cc1cccc(F)c1. The maximum Gasteiger partial charge on any atom is 0.243 e.